The van der Waals surface area contributed by atoms with Gasteiger partial charge in [-0.05, 0) is 42.7 Å². The molecule has 0 aliphatic carbocycles. The molecule has 0 radical (unpaired) electrons. The van der Waals surface area contributed by atoms with Crippen LogP contribution in [0.1, 0.15) is 42.7 Å². The van der Waals surface area contributed by atoms with Crippen LogP contribution < -0.4 is 24.8 Å². The van der Waals surface area contributed by atoms with E-state index in [4.69, 9.17) is 18.9 Å². The summed E-state index contributed by atoms with van der Waals surface area (Å²) in [4.78, 5) is 25.9. The fourth-order valence-electron chi connectivity index (χ4n) is 3.28. The monoisotopic (exact) mass is 458 g/mol. The van der Waals surface area contributed by atoms with Crippen LogP contribution >= 0.6 is 0 Å². The minimum atomic E-state index is -0.719. The van der Waals surface area contributed by atoms with Gasteiger partial charge in [-0.3, -0.25) is 9.59 Å². The second-order valence-corrected chi connectivity index (χ2v) is 7.88. The summed E-state index contributed by atoms with van der Waals surface area (Å²) in [5, 5.41) is 5.82. The minimum Gasteiger partial charge on any atom is -0.496 e. The largest absolute Gasteiger partial charge is 0.496 e. The van der Waals surface area contributed by atoms with Crippen LogP contribution in [0, 0.1) is 5.92 Å². The van der Waals surface area contributed by atoms with Crippen molar-refractivity contribution in [3.05, 3.63) is 53.6 Å². The van der Waals surface area contributed by atoms with Crippen molar-refractivity contribution in [2.45, 2.75) is 32.9 Å². The van der Waals surface area contributed by atoms with Crippen LogP contribution in [0.4, 0.5) is 0 Å². The first-order valence-electron chi connectivity index (χ1n) is 10.9. The summed E-state index contributed by atoms with van der Waals surface area (Å²) in [7, 11) is 4.67. The van der Waals surface area contributed by atoms with Crippen LogP contribution in [0.25, 0.3) is 0 Å². The Morgan fingerprint density at radius 1 is 0.848 bits per heavy atom. The molecular weight excluding hydrogens is 424 g/mol. The lowest BCUT2D eigenvalue weighted by molar-refractivity contribution is -0.124. The molecular formula is C25H34N2O6. The summed E-state index contributed by atoms with van der Waals surface area (Å²) >= 11 is 0. The first-order chi connectivity index (χ1) is 15.8. The summed E-state index contributed by atoms with van der Waals surface area (Å²) in [5.41, 5.74) is 1.22. The van der Waals surface area contributed by atoms with Crippen molar-refractivity contribution in [3.8, 4) is 17.2 Å². The second-order valence-electron chi connectivity index (χ2n) is 7.88. The summed E-state index contributed by atoms with van der Waals surface area (Å²) in [6.45, 7) is 6.51. The van der Waals surface area contributed by atoms with Gasteiger partial charge in [-0.1, -0.05) is 32.0 Å². The fourth-order valence-corrected chi connectivity index (χ4v) is 3.28. The Morgan fingerprint density at radius 2 is 1.55 bits per heavy atom. The summed E-state index contributed by atoms with van der Waals surface area (Å²) in [6, 6.07) is 11.4. The first kappa shape index (κ1) is 26.0. The van der Waals surface area contributed by atoms with Crippen molar-refractivity contribution in [2.24, 2.45) is 5.92 Å². The standard InChI is InChI=1S/C25H34N2O6/c1-16(2)23(27-24(28)19-9-7-8-10-20(19)31-5)25(29)26-17(3)18-11-12-21(22(15-18)32-6)33-14-13-30-4/h7-12,15-17,23H,13-14H2,1-6H3,(H,26,29)(H,27,28). The van der Waals surface area contributed by atoms with E-state index in [-0.39, 0.29) is 23.8 Å². The molecule has 0 heterocycles. The van der Waals surface area contributed by atoms with Crippen LogP contribution in [0.3, 0.4) is 0 Å². The van der Waals surface area contributed by atoms with Gasteiger partial charge in [0.15, 0.2) is 11.5 Å². The van der Waals surface area contributed by atoms with Gasteiger partial charge in [-0.2, -0.15) is 0 Å². The summed E-state index contributed by atoms with van der Waals surface area (Å²) < 4.78 is 21.4. The molecule has 8 heteroatoms. The van der Waals surface area contributed by atoms with Crippen LogP contribution in [0.2, 0.25) is 0 Å². The van der Waals surface area contributed by atoms with Gasteiger partial charge in [0.1, 0.15) is 18.4 Å². The van der Waals surface area contributed by atoms with Crippen molar-refractivity contribution in [1.82, 2.24) is 10.6 Å². The fraction of sp³-hybridized carbons (Fsp3) is 0.440. The first-order valence-corrected chi connectivity index (χ1v) is 10.9. The Bertz CT molecular complexity index is 931. The highest BCUT2D eigenvalue weighted by atomic mass is 16.5. The molecule has 2 aromatic carbocycles. The normalized spacial score (nSPS) is 12.6. The Kier molecular flexibility index (Phi) is 10.00. The number of carbonyl (C=O) groups is 2. The number of ether oxygens (including phenoxy) is 4. The average Bonchev–Trinajstić information content (AvgIpc) is 2.82. The predicted molar refractivity (Wildman–Crippen MR) is 126 cm³/mol. The number of rotatable bonds is 12. The van der Waals surface area contributed by atoms with Crippen molar-refractivity contribution in [1.29, 1.82) is 0 Å². The molecule has 0 bridgehead atoms. The molecule has 2 rings (SSSR count). The molecule has 0 aliphatic rings. The van der Waals surface area contributed by atoms with Crippen molar-refractivity contribution < 1.29 is 28.5 Å². The minimum absolute atomic E-state index is 0.123. The number of carbonyl (C=O) groups excluding carboxylic acids is 2. The Labute approximate surface area is 195 Å². The van der Waals surface area contributed by atoms with E-state index >= 15 is 0 Å². The van der Waals surface area contributed by atoms with E-state index in [0.717, 1.165) is 5.56 Å². The highest BCUT2D eigenvalue weighted by molar-refractivity contribution is 5.99. The van der Waals surface area contributed by atoms with E-state index in [9.17, 15) is 9.59 Å². The predicted octanol–water partition coefficient (Wildman–Crippen LogP) is 3.36. The van der Waals surface area contributed by atoms with Crippen molar-refractivity contribution in [2.75, 3.05) is 34.5 Å². The Morgan fingerprint density at radius 3 is 2.18 bits per heavy atom. The van der Waals surface area contributed by atoms with E-state index in [1.54, 1.807) is 44.6 Å². The lowest BCUT2D eigenvalue weighted by Gasteiger charge is -2.25. The molecule has 0 aliphatic heterocycles. The van der Waals surface area contributed by atoms with Gasteiger partial charge in [0.2, 0.25) is 5.91 Å². The van der Waals surface area contributed by atoms with E-state index in [1.807, 2.05) is 32.9 Å². The zero-order chi connectivity index (χ0) is 24.4. The van der Waals surface area contributed by atoms with Gasteiger partial charge in [0.05, 0.1) is 32.4 Å². The molecule has 2 unspecified atom stereocenters. The topological polar surface area (TPSA) is 95.1 Å². The average molecular weight is 459 g/mol. The zero-order valence-corrected chi connectivity index (χ0v) is 20.1. The quantitative estimate of drug-likeness (QED) is 0.474. The number of hydrogen-bond acceptors (Lipinski definition) is 6. The van der Waals surface area contributed by atoms with Gasteiger partial charge in [-0.25, -0.2) is 0 Å². The second kappa shape index (κ2) is 12.7. The highest BCUT2D eigenvalue weighted by Crippen LogP contribution is 2.30. The van der Waals surface area contributed by atoms with Crippen LogP contribution in [0.15, 0.2) is 42.5 Å². The molecule has 2 atom stereocenters. The number of benzene rings is 2. The maximum Gasteiger partial charge on any atom is 0.255 e. The SMILES string of the molecule is COCCOc1ccc(C(C)NC(=O)C(NC(=O)c2ccccc2OC)C(C)C)cc1OC. The third kappa shape index (κ3) is 7.12. The molecule has 8 nitrogen and oxygen atoms in total. The maximum atomic E-state index is 13.1. The molecule has 0 fully saturated rings. The maximum absolute atomic E-state index is 13.1. The van der Waals surface area contributed by atoms with Gasteiger partial charge in [0, 0.05) is 7.11 Å². The summed E-state index contributed by atoms with van der Waals surface area (Å²) in [5.74, 6) is 0.844. The molecule has 0 saturated carbocycles. The lowest BCUT2D eigenvalue weighted by atomic mass is 10.0. The molecule has 2 N–H and O–H groups in total. The van der Waals surface area contributed by atoms with Gasteiger partial charge in [-0.15, -0.1) is 0 Å². The van der Waals surface area contributed by atoms with Gasteiger partial charge in [0.25, 0.3) is 5.91 Å². The molecule has 2 aromatic rings. The molecule has 180 valence electrons. The van der Waals surface area contributed by atoms with Gasteiger partial charge < -0.3 is 29.6 Å². The van der Waals surface area contributed by atoms with Crippen LogP contribution in [-0.2, 0) is 9.53 Å². The number of hydrogen-bond donors (Lipinski definition) is 2. The third-order valence-corrected chi connectivity index (χ3v) is 5.18. The molecule has 0 saturated heterocycles. The highest BCUT2D eigenvalue weighted by Gasteiger charge is 2.27. The van der Waals surface area contributed by atoms with Crippen molar-refractivity contribution in [3.63, 3.8) is 0 Å². The smallest absolute Gasteiger partial charge is 0.255 e. The van der Waals surface area contributed by atoms with E-state index in [2.05, 4.69) is 10.6 Å². The molecule has 0 spiro atoms. The van der Waals surface area contributed by atoms with E-state index < -0.39 is 6.04 Å². The number of amides is 2. The van der Waals surface area contributed by atoms with E-state index in [1.165, 1.54) is 7.11 Å². The Balaban J connectivity index is 2.11. The lowest BCUT2D eigenvalue weighted by Crippen LogP contribution is -2.50. The number of methoxy groups -OCH3 is 3. The van der Waals surface area contributed by atoms with E-state index in [0.29, 0.717) is 36.0 Å². The van der Waals surface area contributed by atoms with Gasteiger partial charge >= 0.3 is 0 Å². The van der Waals surface area contributed by atoms with Crippen molar-refractivity contribution >= 4 is 11.8 Å². The van der Waals surface area contributed by atoms with Crippen LogP contribution in [-0.4, -0.2) is 52.4 Å². The molecule has 2 amide bonds. The molecule has 33 heavy (non-hydrogen) atoms. The number of nitrogens with one attached hydrogen (secondary N) is 2. The molecule has 0 aromatic heterocycles. The summed E-state index contributed by atoms with van der Waals surface area (Å²) in [6.07, 6.45) is 0. The Hall–Kier alpha value is -3.26. The van der Waals surface area contributed by atoms with Crippen LogP contribution in [0.5, 0.6) is 17.2 Å². The number of para-hydroxylation sites is 1. The third-order valence-electron chi connectivity index (χ3n) is 5.18. The zero-order valence-electron chi connectivity index (χ0n) is 20.1.